The van der Waals surface area contributed by atoms with Gasteiger partial charge in [-0.05, 0) is 139 Å². The molecule has 1 spiro atoms. The molecule has 14 nitrogen and oxygen atoms in total. The second kappa shape index (κ2) is 22.0. The summed E-state index contributed by atoms with van der Waals surface area (Å²) in [7, 11) is 0. The highest BCUT2D eigenvalue weighted by Gasteiger charge is 2.52. The molecule has 11 N–H and O–H groups in total. The number of nitrogens with one attached hydrogen (secondary N) is 4. The number of ether oxygens (including phenoxy) is 4. The van der Waals surface area contributed by atoms with Crippen molar-refractivity contribution in [2.24, 2.45) is 41.2 Å². The van der Waals surface area contributed by atoms with Crippen LogP contribution in [0.15, 0.2) is 0 Å². The van der Waals surface area contributed by atoms with Gasteiger partial charge in [-0.15, -0.1) is 5.92 Å². The van der Waals surface area contributed by atoms with Gasteiger partial charge >= 0.3 is 11.9 Å². The summed E-state index contributed by atoms with van der Waals surface area (Å²) in [6, 6.07) is 0. The van der Waals surface area contributed by atoms with Gasteiger partial charge in [-0.3, -0.25) is 26.2 Å². The van der Waals surface area contributed by atoms with Gasteiger partial charge in [0.1, 0.15) is 23.9 Å². The zero-order chi connectivity index (χ0) is 43.1. The maximum atomic E-state index is 12.5. The predicted octanol–water partition coefficient (Wildman–Crippen LogP) is 0.297. The molecular formula is C48H82N6O8+2. The van der Waals surface area contributed by atoms with Gasteiger partial charge in [0.15, 0.2) is 0 Å². The summed E-state index contributed by atoms with van der Waals surface area (Å²) >= 11 is 0. The number of quaternary nitrogens is 1. The van der Waals surface area contributed by atoms with Crippen molar-refractivity contribution in [3.05, 3.63) is 0 Å². The summed E-state index contributed by atoms with van der Waals surface area (Å²) in [5.41, 5.74) is 5.98. The molecule has 0 aromatic heterocycles. The normalized spacial score (nSPS) is 44.0. The predicted molar refractivity (Wildman–Crippen MR) is 234 cm³/mol. The third-order valence-corrected chi connectivity index (χ3v) is 16.4. The maximum Gasteiger partial charge on any atom is 0.343 e. The number of nitrogens with two attached hydrogens (primary N) is 2. The Labute approximate surface area is 370 Å². The smallest absolute Gasteiger partial charge is 0.343 e. The number of guanidine groups is 1. The average Bonchev–Trinajstić information content (AvgIpc) is 3.28. The highest BCUT2D eigenvalue weighted by atomic mass is 16.6. The first-order valence-electron chi connectivity index (χ1n) is 25.2. The summed E-state index contributed by atoms with van der Waals surface area (Å²) in [6.45, 7) is 6.99. The van der Waals surface area contributed by atoms with Gasteiger partial charge in [0, 0.05) is 45.6 Å². The number of carbonyl (C=O) groups is 1. The Kier molecular flexibility index (Phi) is 16.5. The van der Waals surface area contributed by atoms with E-state index in [-0.39, 0.29) is 65.9 Å². The molecule has 2 bridgehead atoms. The van der Waals surface area contributed by atoms with Gasteiger partial charge in [0.25, 0.3) is 0 Å². The first kappa shape index (κ1) is 46.5. The number of hydrogen-bond acceptors (Lipinski definition) is 12. The molecule has 0 aromatic rings. The van der Waals surface area contributed by atoms with Crippen LogP contribution < -0.4 is 32.0 Å². The average molecular weight is 871 g/mol. The SMILES string of the molecule is CC(=O)O[C@@H]1C[C@@H](C2CC(O)C(O)C(OCCC3CCCNC3)C2)O[C@@H]([C@@H]2CC#C[C@@H]3[C@H](CCC[C@]34CC[NH+]=C(NCCCC3CC[NH2+]C(N)C3)N4)OC3CC(CCC3O)C2)C1. The van der Waals surface area contributed by atoms with E-state index in [0.29, 0.717) is 62.9 Å². The monoisotopic (exact) mass is 871 g/mol. The zero-order valence-electron chi connectivity index (χ0n) is 37.7. The van der Waals surface area contributed by atoms with Crippen molar-refractivity contribution in [1.82, 2.24) is 16.0 Å². The van der Waals surface area contributed by atoms with Crippen molar-refractivity contribution in [1.29, 1.82) is 0 Å². The number of fused-ring (bicyclic) bond motifs is 4. The molecule has 5 aliphatic heterocycles. The van der Waals surface area contributed by atoms with Crippen molar-refractivity contribution in [3.8, 4) is 11.8 Å². The Morgan fingerprint density at radius 1 is 0.919 bits per heavy atom. The van der Waals surface area contributed by atoms with Crippen LogP contribution in [0.4, 0.5) is 0 Å². The van der Waals surface area contributed by atoms with E-state index < -0.39 is 24.4 Å². The third-order valence-electron chi connectivity index (χ3n) is 16.4. The van der Waals surface area contributed by atoms with E-state index in [9.17, 15) is 20.1 Å². The molecule has 3 aliphatic carbocycles. The number of aliphatic hydroxyl groups is 3. The fraction of sp³-hybridized carbons (Fsp3) is 0.917. The van der Waals surface area contributed by atoms with E-state index in [0.717, 1.165) is 103 Å². The first-order chi connectivity index (χ1) is 30.1. The quantitative estimate of drug-likeness (QED) is 0.0782. The van der Waals surface area contributed by atoms with Gasteiger partial charge in [0.2, 0.25) is 0 Å². The van der Waals surface area contributed by atoms with E-state index in [1.54, 1.807) is 0 Å². The van der Waals surface area contributed by atoms with Gasteiger partial charge in [-0.1, -0.05) is 5.92 Å². The molecule has 6 fully saturated rings. The van der Waals surface area contributed by atoms with Crippen LogP contribution >= 0.6 is 0 Å². The fourth-order valence-corrected chi connectivity index (χ4v) is 13.0. The molecule has 0 radical (unpaired) electrons. The standard InChI is InChI=1S/C48H80N6O8/c1-30(55)60-36-27-41(62-42(28-36)35-25-39(57)46(58)44(26-35)59-21-14-32-7-4-17-50-29-32)34-8-2-9-37-40(61-43-23-33(22-34)11-12-38(43)56)10-3-15-48(37)16-20-53-47(54-48)52-18-5-6-31-13-19-51-45(49)24-31/h31-46,50-51,56-58H,3-8,10-29,49H2,1H3,(H2,52,53,54)/p+2/t31?,32?,33?,34-,35?,36+,37-,38?,39?,40+,41-,42+,43?,44?,45?,46?,48+/m1/s1. The Bertz CT molecular complexity index is 1540. The van der Waals surface area contributed by atoms with Gasteiger partial charge in [0.05, 0.1) is 68.3 Å². The van der Waals surface area contributed by atoms with Crippen LogP contribution in [0, 0.1) is 47.3 Å². The molecule has 3 saturated heterocycles. The van der Waals surface area contributed by atoms with Gasteiger partial charge < -0.3 is 44.9 Å². The van der Waals surface area contributed by atoms with Gasteiger partial charge in [-0.25, -0.2) is 0 Å². The molecule has 10 unspecified atom stereocenters. The molecule has 0 amide bonds. The lowest BCUT2D eigenvalue weighted by atomic mass is 9.68. The van der Waals surface area contributed by atoms with E-state index in [2.05, 4.69) is 38.1 Å². The number of carbonyl (C=O) groups excluding carboxylic acids is 1. The van der Waals surface area contributed by atoms with Crippen LogP contribution in [0.25, 0.3) is 0 Å². The number of aliphatic hydroxyl groups excluding tert-OH is 3. The topological polar surface area (TPSA) is 207 Å². The molecule has 17 atom stereocenters. The number of esters is 1. The lowest BCUT2D eigenvalue weighted by Crippen LogP contribution is -2.94. The van der Waals surface area contributed by atoms with Crippen molar-refractivity contribution in [2.75, 3.05) is 39.3 Å². The van der Waals surface area contributed by atoms with Crippen LogP contribution in [0.3, 0.4) is 0 Å². The Balaban J connectivity index is 0.968. The Morgan fingerprint density at radius 2 is 1.77 bits per heavy atom. The highest BCUT2D eigenvalue weighted by molar-refractivity contribution is 5.75. The summed E-state index contributed by atoms with van der Waals surface area (Å²) in [5, 5.41) is 47.1. The second-order valence-corrected chi connectivity index (χ2v) is 20.9. The second-order valence-electron chi connectivity index (χ2n) is 20.9. The van der Waals surface area contributed by atoms with Crippen molar-refractivity contribution < 1.29 is 49.4 Å². The summed E-state index contributed by atoms with van der Waals surface area (Å²) in [4.78, 5) is 16.1. The minimum atomic E-state index is -0.940. The lowest BCUT2D eigenvalue weighted by Gasteiger charge is -2.47. The van der Waals surface area contributed by atoms with Crippen molar-refractivity contribution in [2.45, 2.75) is 202 Å². The van der Waals surface area contributed by atoms with Crippen LogP contribution in [0.5, 0.6) is 0 Å². The molecule has 5 heterocycles. The lowest BCUT2D eigenvalue weighted by molar-refractivity contribution is -0.699. The molecular weight excluding hydrogens is 789 g/mol. The Morgan fingerprint density at radius 3 is 2.60 bits per heavy atom. The highest BCUT2D eigenvalue weighted by Crippen LogP contribution is 2.44. The van der Waals surface area contributed by atoms with E-state index in [4.69, 9.17) is 24.7 Å². The number of piperidine rings is 2. The maximum absolute atomic E-state index is 12.5. The third kappa shape index (κ3) is 12.0. The molecule has 0 aromatic carbocycles. The molecule has 3 saturated carbocycles. The summed E-state index contributed by atoms with van der Waals surface area (Å²) in [6.07, 6.45) is 14.4. The van der Waals surface area contributed by atoms with Gasteiger partial charge in [-0.2, -0.15) is 0 Å². The molecule has 8 rings (SSSR count). The minimum Gasteiger partial charge on any atom is -0.462 e. The molecule has 14 heteroatoms. The molecule has 62 heavy (non-hydrogen) atoms. The first-order valence-corrected chi connectivity index (χ1v) is 25.2. The largest absolute Gasteiger partial charge is 0.462 e. The van der Waals surface area contributed by atoms with Crippen LogP contribution in [0.1, 0.15) is 135 Å². The van der Waals surface area contributed by atoms with E-state index in [1.165, 1.54) is 32.6 Å². The Hall–Kier alpha value is -2.06. The summed E-state index contributed by atoms with van der Waals surface area (Å²) in [5.74, 6) is 9.89. The molecule has 350 valence electrons. The zero-order valence-corrected chi connectivity index (χ0v) is 37.7. The van der Waals surface area contributed by atoms with Crippen LogP contribution in [-0.4, -0.2) is 133 Å². The minimum absolute atomic E-state index is 0.0447. The van der Waals surface area contributed by atoms with E-state index >= 15 is 0 Å². The van der Waals surface area contributed by atoms with Crippen LogP contribution in [0.2, 0.25) is 0 Å². The number of hydrogen-bond donors (Lipinski definition) is 9. The molecule has 8 aliphatic rings. The summed E-state index contributed by atoms with van der Waals surface area (Å²) < 4.78 is 26.5. The number of rotatable bonds is 11. The fourth-order valence-electron chi connectivity index (χ4n) is 13.0. The van der Waals surface area contributed by atoms with Crippen LogP contribution in [-0.2, 0) is 23.7 Å². The van der Waals surface area contributed by atoms with E-state index in [1.807, 2.05) is 0 Å². The van der Waals surface area contributed by atoms with Crippen molar-refractivity contribution >= 4 is 11.9 Å². The van der Waals surface area contributed by atoms with Crippen molar-refractivity contribution in [3.63, 3.8) is 0 Å².